The van der Waals surface area contributed by atoms with Crippen LogP contribution in [0.25, 0.3) is 0 Å². The molecule has 1 radical (unpaired) electrons. The van der Waals surface area contributed by atoms with Gasteiger partial charge in [-0.15, -0.1) is 223 Å². The van der Waals surface area contributed by atoms with Gasteiger partial charge in [0.1, 0.15) is 0 Å². The normalized spacial score (nSPS) is 0. The average molecular weight is 921 g/mol. The standard InChI is InChI=1S/18ClH.Ir.3Na.3H/h18*1H;;;;;;;. The summed E-state index contributed by atoms with van der Waals surface area (Å²) in [7, 11) is 0. The van der Waals surface area contributed by atoms with Crippen molar-refractivity contribution in [3.63, 3.8) is 0 Å². The maximum absolute atomic E-state index is 0. The summed E-state index contributed by atoms with van der Waals surface area (Å²) in [6.45, 7) is 0. The Labute approximate surface area is 325 Å². The molecule has 0 nitrogen and oxygen atoms in total. The molecule has 22 heavy (non-hydrogen) atoms. The van der Waals surface area contributed by atoms with Gasteiger partial charge in [-0.25, -0.2) is 0 Å². The van der Waals surface area contributed by atoms with Crippen molar-refractivity contribution in [2.75, 3.05) is 0 Å². The number of hydrogen-bond acceptors (Lipinski definition) is 0. The van der Waals surface area contributed by atoms with Crippen LogP contribution < -0.4 is 0 Å². The molecule has 0 atom stereocenters. The predicted molar refractivity (Wildman–Crippen MR) is 152 cm³/mol. The summed E-state index contributed by atoms with van der Waals surface area (Å²) in [6, 6.07) is 0. The van der Waals surface area contributed by atoms with E-state index >= 15 is 0 Å². The molecule has 22 heteroatoms. The van der Waals surface area contributed by atoms with Crippen LogP contribution in [0, 0.1) is 0 Å². The van der Waals surface area contributed by atoms with Crippen molar-refractivity contribution in [3.05, 3.63) is 0 Å². The van der Waals surface area contributed by atoms with Gasteiger partial charge in [0.25, 0.3) is 0 Å². The molecule has 0 fully saturated rings. The van der Waals surface area contributed by atoms with Gasteiger partial charge in [0, 0.05) is 20.1 Å². The molecule has 0 spiro atoms. The summed E-state index contributed by atoms with van der Waals surface area (Å²) in [5, 5.41) is 0. The van der Waals surface area contributed by atoms with Gasteiger partial charge in [-0.2, -0.15) is 0 Å². The minimum absolute atomic E-state index is 0. The van der Waals surface area contributed by atoms with E-state index in [1.807, 2.05) is 0 Å². The molecule has 0 saturated heterocycles. The molecule has 0 aromatic carbocycles. The van der Waals surface area contributed by atoms with Gasteiger partial charge in [-0.1, -0.05) is 0 Å². The maximum atomic E-state index is 0. The second-order valence-corrected chi connectivity index (χ2v) is 0. The van der Waals surface area contributed by atoms with Crippen LogP contribution in [0.2, 0.25) is 0 Å². The van der Waals surface area contributed by atoms with Gasteiger partial charge >= 0.3 is 88.7 Å². The monoisotopic (exact) mass is 913 g/mol. The van der Waals surface area contributed by atoms with Crippen LogP contribution in [0.1, 0.15) is 0 Å². The summed E-state index contributed by atoms with van der Waals surface area (Å²) in [4.78, 5) is 0. The quantitative estimate of drug-likeness (QED) is 0.277. The van der Waals surface area contributed by atoms with Crippen LogP contribution in [0.4, 0.5) is 0 Å². The second kappa shape index (κ2) is 316. The Morgan fingerprint density at radius 1 is 0.136 bits per heavy atom. The van der Waals surface area contributed by atoms with Crippen LogP contribution in [-0.4, -0.2) is 88.7 Å². The molecule has 0 heterocycles. The fraction of sp³-hybridized carbons (Fsp3) is 0. The Morgan fingerprint density at radius 3 is 0.136 bits per heavy atom. The van der Waals surface area contributed by atoms with Gasteiger partial charge in [-0.05, 0) is 0 Å². The second-order valence-electron chi connectivity index (χ2n) is 0. The number of halogens is 18. The van der Waals surface area contributed by atoms with Gasteiger partial charge in [-0.3, -0.25) is 0 Å². The van der Waals surface area contributed by atoms with Crippen LogP contribution in [0.5, 0.6) is 0 Å². The van der Waals surface area contributed by atoms with Gasteiger partial charge in [0.2, 0.25) is 0 Å². The molecule has 0 saturated carbocycles. The molecule has 0 N–H and O–H groups in total. The molecule has 0 aliphatic carbocycles. The average Bonchev–Trinajstić information content (AvgIpc) is 0. The van der Waals surface area contributed by atoms with Crippen molar-refractivity contribution >= 4 is 312 Å². The fourth-order valence-corrected chi connectivity index (χ4v) is 0. The molecular weight excluding hydrogens is 899 g/mol. The van der Waals surface area contributed by atoms with E-state index in [9.17, 15) is 0 Å². The van der Waals surface area contributed by atoms with Gasteiger partial charge in [0.15, 0.2) is 0 Å². The van der Waals surface area contributed by atoms with Crippen LogP contribution in [0.15, 0.2) is 0 Å². The first kappa shape index (κ1) is 350. The number of rotatable bonds is 0. The summed E-state index contributed by atoms with van der Waals surface area (Å²) in [6.07, 6.45) is 0. The predicted octanol–water partition coefficient (Wildman–Crippen LogP) is 5.64. The van der Waals surface area contributed by atoms with E-state index < -0.39 is 0 Å². The Kier molecular flexibility index (Phi) is 5040. The minimum atomic E-state index is 0. The van der Waals surface area contributed by atoms with E-state index in [1.54, 1.807) is 0 Å². The summed E-state index contributed by atoms with van der Waals surface area (Å²) in [5.74, 6) is 0. The van der Waals surface area contributed by atoms with Crippen LogP contribution >= 0.6 is 223 Å². The van der Waals surface area contributed by atoms with Crippen molar-refractivity contribution in [2.24, 2.45) is 0 Å². The molecule has 0 aromatic heterocycles. The Morgan fingerprint density at radius 2 is 0.136 bits per heavy atom. The number of hydrogen-bond donors (Lipinski definition) is 0. The third kappa shape index (κ3) is 285. The Bertz CT molecular complexity index is 18.3. The van der Waals surface area contributed by atoms with Gasteiger partial charge < -0.3 is 0 Å². The Balaban J connectivity index is 0. The molecule has 0 bridgehead atoms. The zero-order valence-electron chi connectivity index (χ0n) is 7.68. The molecule has 0 unspecified atom stereocenters. The van der Waals surface area contributed by atoms with Crippen molar-refractivity contribution in [1.82, 2.24) is 0 Å². The first-order valence-electron chi connectivity index (χ1n) is 0. The molecule has 0 aliphatic rings. The zero-order chi connectivity index (χ0) is 0. The third-order valence-corrected chi connectivity index (χ3v) is 0. The molecule has 0 amide bonds. The third-order valence-electron chi connectivity index (χ3n) is 0. The van der Waals surface area contributed by atoms with E-state index in [-0.39, 0.29) is 332 Å². The molecule has 159 valence electrons. The first-order valence-corrected chi connectivity index (χ1v) is 0. The van der Waals surface area contributed by atoms with E-state index in [2.05, 4.69) is 0 Å². The van der Waals surface area contributed by atoms with E-state index in [4.69, 9.17) is 0 Å². The zero-order valence-corrected chi connectivity index (χ0v) is 24.8. The summed E-state index contributed by atoms with van der Waals surface area (Å²) < 4.78 is 0. The first-order chi connectivity index (χ1) is 0. The van der Waals surface area contributed by atoms with Gasteiger partial charge in [0.05, 0.1) is 0 Å². The van der Waals surface area contributed by atoms with Crippen molar-refractivity contribution in [3.8, 4) is 0 Å². The van der Waals surface area contributed by atoms with Crippen molar-refractivity contribution in [1.29, 1.82) is 0 Å². The Hall–Kier alpha value is 8.87. The molecule has 0 aromatic rings. The van der Waals surface area contributed by atoms with Crippen molar-refractivity contribution in [2.45, 2.75) is 0 Å². The van der Waals surface area contributed by atoms with E-state index in [0.29, 0.717) is 0 Å². The molecule has 0 rings (SSSR count). The fourth-order valence-electron chi connectivity index (χ4n) is 0. The van der Waals surface area contributed by atoms with E-state index in [1.165, 1.54) is 0 Å². The summed E-state index contributed by atoms with van der Waals surface area (Å²) in [5.41, 5.74) is 0. The molecule has 0 aliphatic heterocycles. The molecular formula is H21Cl18IrNa3. The van der Waals surface area contributed by atoms with Crippen molar-refractivity contribution < 1.29 is 20.1 Å². The summed E-state index contributed by atoms with van der Waals surface area (Å²) >= 11 is 0. The van der Waals surface area contributed by atoms with E-state index in [0.717, 1.165) is 0 Å². The topological polar surface area (TPSA) is 0 Å². The van der Waals surface area contributed by atoms with Crippen LogP contribution in [-0.2, 0) is 20.1 Å². The van der Waals surface area contributed by atoms with Crippen LogP contribution in [0.3, 0.4) is 0 Å². The SMILES string of the molecule is Cl.Cl.Cl.Cl.Cl.Cl.Cl.Cl.Cl.Cl.Cl.Cl.Cl.Cl.Cl.Cl.Cl.Cl.[Ir].[NaH].[NaH].[NaH].